The zero-order valence-electron chi connectivity index (χ0n) is 13.7. The lowest BCUT2D eigenvalue weighted by atomic mass is 10.2. The monoisotopic (exact) mass is 399 g/mol. The Hall–Kier alpha value is -2.77. The van der Waals surface area contributed by atoms with Crippen LogP contribution in [0.4, 0.5) is 14.5 Å². The summed E-state index contributed by atoms with van der Waals surface area (Å²) < 4.78 is 27.5. The van der Waals surface area contributed by atoms with Crippen molar-refractivity contribution < 1.29 is 18.4 Å². The third kappa shape index (κ3) is 3.20. The van der Waals surface area contributed by atoms with Crippen molar-refractivity contribution in [3.63, 3.8) is 0 Å². The summed E-state index contributed by atoms with van der Waals surface area (Å²) in [6.07, 6.45) is 0. The lowest BCUT2D eigenvalue weighted by molar-refractivity contribution is -0.119. The second-order valence-electron chi connectivity index (χ2n) is 5.64. The lowest BCUT2D eigenvalue weighted by Crippen LogP contribution is -2.32. The molecule has 2 amide bonds. The summed E-state index contributed by atoms with van der Waals surface area (Å²) >= 11 is 2.47. The second kappa shape index (κ2) is 7.09. The fourth-order valence-electron chi connectivity index (χ4n) is 2.73. The highest BCUT2D eigenvalue weighted by molar-refractivity contribution is 8.04. The molecule has 1 aliphatic rings. The van der Waals surface area contributed by atoms with Crippen molar-refractivity contribution in [1.29, 1.82) is 0 Å². The Kier molecular flexibility index (Phi) is 4.63. The molecule has 1 aliphatic heterocycles. The van der Waals surface area contributed by atoms with Gasteiger partial charge >= 0.3 is 0 Å². The van der Waals surface area contributed by atoms with Crippen molar-refractivity contribution >= 4 is 46.2 Å². The van der Waals surface area contributed by atoms with Crippen LogP contribution in [0.2, 0.25) is 0 Å². The molecule has 0 fully saturated rings. The number of imide groups is 1. The third-order valence-corrected chi connectivity index (χ3v) is 5.90. The zero-order valence-corrected chi connectivity index (χ0v) is 15.3. The number of halogens is 2. The normalized spacial score (nSPS) is 14.4. The van der Waals surface area contributed by atoms with Crippen LogP contribution in [0.3, 0.4) is 0 Å². The standard InChI is InChI=1S/C20H11F2NO2S2/c21-12-8-9-15(14(22)11-12)23-19(24)17(16-7-4-10-26-16)18(20(23)25)27-13-5-2-1-3-6-13/h1-11H. The molecule has 0 spiro atoms. The largest absolute Gasteiger partial charge is 0.273 e. The van der Waals surface area contributed by atoms with Gasteiger partial charge in [0.2, 0.25) is 0 Å². The van der Waals surface area contributed by atoms with Gasteiger partial charge < -0.3 is 0 Å². The molecule has 4 rings (SSSR count). The number of nitrogens with zero attached hydrogens (tertiary/aromatic N) is 1. The van der Waals surface area contributed by atoms with Gasteiger partial charge in [0, 0.05) is 15.8 Å². The Bertz CT molecular complexity index is 1060. The number of carbonyl (C=O) groups excluding carboxylic acids is 2. The second-order valence-corrected chi connectivity index (χ2v) is 7.67. The highest BCUT2D eigenvalue weighted by atomic mass is 32.2. The average molecular weight is 399 g/mol. The molecule has 0 saturated carbocycles. The molecule has 0 radical (unpaired) electrons. The van der Waals surface area contributed by atoms with Gasteiger partial charge in [0.05, 0.1) is 16.2 Å². The predicted octanol–water partition coefficient (Wildman–Crippen LogP) is 5.10. The van der Waals surface area contributed by atoms with Crippen LogP contribution in [-0.2, 0) is 9.59 Å². The molecule has 3 nitrogen and oxygen atoms in total. The highest BCUT2D eigenvalue weighted by Crippen LogP contribution is 2.42. The molecule has 3 aromatic rings. The summed E-state index contributed by atoms with van der Waals surface area (Å²) in [6.45, 7) is 0. The van der Waals surface area contributed by atoms with Gasteiger partial charge in [0.1, 0.15) is 11.6 Å². The number of hydrogen-bond acceptors (Lipinski definition) is 4. The van der Waals surface area contributed by atoms with Crippen LogP contribution in [0, 0.1) is 11.6 Å². The molecule has 0 N–H and O–H groups in total. The van der Waals surface area contributed by atoms with E-state index in [1.54, 1.807) is 17.5 Å². The van der Waals surface area contributed by atoms with Crippen LogP contribution in [0.15, 0.2) is 75.8 Å². The Balaban J connectivity index is 1.82. The summed E-state index contributed by atoms with van der Waals surface area (Å²) in [5, 5.41) is 1.80. The smallest absolute Gasteiger partial charge is 0.268 e. The maximum atomic E-state index is 14.3. The first-order chi connectivity index (χ1) is 13.1. The van der Waals surface area contributed by atoms with Crippen LogP contribution in [0.1, 0.15) is 4.88 Å². The van der Waals surface area contributed by atoms with Crippen molar-refractivity contribution in [3.05, 3.63) is 87.5 Å². The molecular formula is C20H11F2NO2S2. The molecule has 134 valence electrons. The highest BCUT2D eigenvalue weighted by Gasteiger charge is 2.41. The van der Waals surface area contributed by atoms with Crippen molar-refractivity contribution in [2.45, 2.75) is 4.90 Å². The number of thiophene rings is 1. The number of amides is 2. The van der Waals surface area contributed by atoms with E-state index in [2.05, 4.69) is 0 Å². The Morgan fingerprint density at radius 2 is 1.67 bits per heavy atom. The zero-order chi connectivity index (χ0) is 19.0. The van der Waals surface area contributed by atoms with Gasteiger partial charge in [-0.1, -0.05) is 36.0 Å². The van der Waals surface area contributed by atoms with Crippen LogP contribution in [-0.4, -0.2) is 11.8 Å². The molecule has 2 heterocycles. The average Bonchev–Trinajstić information content (AvgIpc) is 3.25. The minimum atomic E-state index is -0.965. The summed E-state index contributed by atoms with van der Waals surface area (Å²) in [4.78, 5) is 28.5. The van der Waals surface area contributed by atoms with Gasteiger partial charge in [-0.15, -0.1) is 11.3 Å². The quantitative estimate of drug-likeness (QED) is 0.573. The molecule has 0 unspecified atom stereocenters. The van der Waals surface area contributed by atoms with Crippen molar-refractivity contribution in [2.24, 2.45) is 0 Å². The molecule has 0 saturated heterocycles. The molecule has 0 atom stereocenters. The summed E-state index contributed by atoms with van der Waals surface area (Å²) in [7, 11) is 0. The van der Waals surface area contributed by atoms with E-state index in [-0.39, 0.29) is 16.2 Å². The number of thioether (sulfide) groups is 1. The minimum absolute atomic E-state index is 0.220. The van der Waals surface area contributed by atoms with E-state index in [1.165, 1.54) is 11.3 Å². The molecule has 2 aromatic carbocycles. The van der Waals surface area contributed by atoms with E-state index in [1.807, 2.05) is 30.3 Å². The maximum Gasteiger partial charge on any atom is 0.273 e. The van der Waals surface area contributed by atoms with Gasteiger partial charge in [-0.3, -0.25) is 9.59 Å². The minimum Gasteiger partial charge on any atom is -0.268 e. The van der Waals surface area contributed by atoms with E-state index in [9.17, 15) is 18.4 Å². The van der Waals surface area contributed by atoms with Gasteiger partial charge in [-0.2, -0.15) is 0 Å². The molecule has 7 heteroatoms. The maximum absolute atomic E-state index is 14.3. The van der Waals surface area contributed by atoms with Crippen molar-refractivity contribution in [1.82, 2.24) is 0 Å². The molecule has 0 bridgehead atoms. The fraction of sp³-hybridized carbons (Fsp3) is 0. The topological polar surface area (TPSA) is 37.4 Å². The summed E-state index contributed by atoms with van der Waals surface area (Å²) in [5.41, 5.74) is -0.0308. The summed E-state index contributed by atoms with van der Waals surface area (Å²) in [5.74, 6) is -2.98. The van der Waals surface area contributed by atoms with Crippen molar-refractivity contribution in [3.8, 4) is 0 Å². The Morgan fingerprint density at radius 1 is 0.889 bits per heavy atom. The molecule has 1 aromatic heterocycles. The molecule has 0 aliphatic carbocycles. The van der Waals surface area contributed by atoms with Gasteiger partial charge in [-0.05, 0) is 35.7 Å². The third-order valence-electron chi connectivity index (χ3n) is 3.92. The fourth-order valence-corrected chi connectivity index (χ4v) is 4.57. The van der Waals surface area contributed by atoms with Crippen LogP contribution >= 0.6 is 23.1 Å². The Morgan fingerprint density at radius 3 is 2.33 bits per heavy atom. The van der Waals surface area contributed by atoms with E-state index in [0.717, 1.165) is 33.7 Å². The van der Waals surface area contributed by atoms with Crippen LogP contribution < -0.4 is 4.90 Å². The van der Waals surface area contributed by atoms with E-state index < -0.39 is 23.4 Å². The SMILES string of the molecule is O=C1C(Sc2ccccc2)=C(c2cccs2)C(=O)N1c1ccc(F)cc1F. The van der Waals surface area contributed by atoms with Crippen LogP contribution in [0.25, 0.3) is 5.57 Å². The van der Waals surface area contributed by atoms with E-state index in [0.29, 0.717) is 10.9 Å². The predicted molar refractivity (Wildman–Crippen MR) is 102 cm³/mol. The number of hydrogen-bond donors (Lipinski definition) is 0. The van der Waals surface area contributed by atoms with Crippen LogP contribution in [0.5, 0.6) is 0 Å². The molecular weight excluding hydrogens is 388 g/mol. The lowest BCUT2D eigenvalue weighted by Gasteiger charge is -2.15. The molecule has 27 heavy (non-hydrogen) atoms. The van der Waals surface area contributed by atoms with Gasteiger partial charge in [0.15, 0.2) is 0 Å². The van der Waals surface area contributed by atoms with Gasteiger partial charge in [0.25, 0.3) is 11.8 Å². The van der Waals surface area contributed by atoms with E-state index >= 15 is 0 Å². The van der Waals surface area contributed by atoms with Gasteiger partial charge in [-0.25, -0.2) is 13.7 Å². The van der Waals surface area contributed by atoms with E-state index in [4.69, 9.17) is 0 Å². The number of anilines is 1. The Labute approximate surface area is 161 Å². The number of benzene rings is 2. The number of carbonyl (C=O) groups is 2. The first kappa shape index (κ1) is 17.6. The first-order valence-corrected chi connectivity index (χ1v) is 9.61. The number of rotatable bonds is 4. The summed E-state index contributed by atoms with van der Waals surface area (Å²) in [6, 6.07) is 15.4. The first-order valence-electron chi connectivity index (χ1n) is 7.91. The van der Waals surface area contributed by atoms with Crippen molar-refractivity contribution in [2.75, 3.05) is 4.90 Å².